The molecule has 9 heteroatoms. The van der Waals surface area contributed by atoms with Gasteiger partial charge in [-0.1, -0.05) is 66.7 Å². The van der Waals surface area contributed by atoms with Crippen LogP contribution in [-0.4, -0.2) is 25.3 Å². The van der Waals surface area contributed by atoms with Gasteiger partial charge in [-0.2, -0.15) is 0 Å². The number of carbonyl (C=O) groups is 1. The molecule has 6 N–H and O–H groups in total. The molecule has 194 valence electrons. The molecule has 0 spiro atoms. The number of nitrogens with one attached hydrogen (secondary N) is 1. The van der Waals surface area contributed by atoms with E-state index in [1.807, 2.05) is 30.3 Å². The van der Waals surface area contributed by atoms with Crippen molar-refractivity contribution in [3.63, 3.8) is 0 Å². The van der Waals surface area contributed by atoms with Crippen LogP contribution in [0.2, 0.25) is 0 Å². The van der Waals surface area contributed by atoms with E-state index in [1.54, 1.807) is 54.6 Å². The van der Waals surface area contributed by atoms with Gasteiger partial charge in [-0.15, -0.1) is 0 Å². The Labute approximate surface area is 224 Å². The fraction of sp³-hybridized carbons (Fsp3) is 0. The van der Waals surface area contributed by atoms with Gasteiger partial charge in [0, 0.05) is 5.56 Å². The number of nitrogens with two attached hydrogens (primary N) is 2. The average molecular weight is 538 g/mol. The van der Waals surface area contributed by atoms with Crippen LogP contribution in [0.3, 0.4) is 0 Å². The van der Waals surface area contributed by atoms with Gasteiger partial charge in [-0.3, -0.25) is 5.41 Å². The van der Waals surface area contributed by atoms with Gasteiger partial charge >= 0.3 is 5.97 Å². The zero-order valence-corrected chi connectivity index (χ0v) is 21.3. The third-order valence-corrected chi connectivity index (χ3v) is 8.00. The summed E-state index contributed by atoms with van der Waals surface area (Å²) in [6.07, 6.45) is 0. The van der Waals surface area contributed by atoms with E-state index in [4.69, 9.17) is 21.6 Å². The lowest BCUT2D eigenvalue weighted by molar-refractivity contribution is 0.0694. The van der Waals surface area contributed by atoms with E-state index < -0.39 is 15.8 Å². The van der Waals surface area contributed by atoms with Crippen molar-refractivity contribution in [2.45, 2.75) is 9.79 Å². The number of sulfone groups is 1. The highest BCUT2D eigenvalue weighted by Gasteiger charge is 2.25. The summed E-state index contributed by atoms with van der Waals surface area (Å²) in [6.45, 7) is 0. The van der Waals surface area contributed by atoms with Crippen LogP contribution in [0, 0.1) is 5.41 Å². The smallest absolute Gasteiger partial charge is 0.339 e. The van der Waals surface area contributed by atoms with Gasteiger partial charge in [0.25, 0.3) is 0 Å². The quantitative estimate of drug-likeness (QED) is 0.118. The monoisotopic (exact) mass is 537 g/mol. The molecule has 5 aromatic rings. The molecule has 39 heavy (non-hydrogen) atoms. The van der Waals surface area contributed by atoms with Crippen LogP contribution in [0.1, 0.15) is 15.9 Å². The molecule has 8 nitrogen and oxygen atoms in total. The number of nitrogen functional groups attached to an aromatic ring is 2. The predicted molar refractivity (Wildman–Crippen MR) is 150 cm³/mol. The molecule has 0 bridgehead atoms. The first-order valence-electron chi connectivity index (χ1n) is 11.8. The molecule has 0 fully saturated rings. The molecule has 0 unspecified atom stereocenters. The number of anilines is 1. The third kappa shape index (κ3) is 5.03. The summed E-state index contributed by atoms with van der Waals surface area (Å²) < 4.78 is 32.6. The van der Waals surface area contributed by atoms with Crippen molar-refractivity contribution in [2.75, 3.05) is 5.73 Å². The number of benzene rings is 5. The molecule has 5 rings (SSSR count). The summed E-state index contributed by atoms with van der Waals surface area (Å²) in [7, 11) is -4.06. The first-order valence-corrected chi connectivity index (χ1v) is 13.3. The molecule has 0 radical (unpaired) electrons. The van der Waals surface area contributed by atoms with E-state index in [2.05, 4.69) is 0 Å². The van der Waals surface area contributed by atoms with Crippen molar-refractivity contribution in [1.82, 2.24) is 0 Å². The molecular weight excluding hydrogens is 514 g/mol. The van der Waals surface area contributed by atoms with Gasteiger partial charge < -0.3 is 21.3 Å². The van der Waals surface area contributed by atoms with Gasteiger partial charge in [-0.25, -0.2) is 13.2 Å². The number of rotatable bonds is 7. The number of aromatic carboxylic acids is 1. The molecule has 0 saturated heterocycles. The SMILES string of the molecule is N=C(N)c1ccc(-c2ccc(Oc3c(N)cc(S(=O)(=O)c4ccc5ccccc5c4)cc3C(=O)O)cc2)cc1. The van der Waals surface area contributed by atoms with E-state index >= 15 is 0 Å². The standard InChI is InChI=1S/C30H23N3O5S/c31-27-17-25(39(36,37)24-14-11-18-3-1-2-4-22(18)15-24)16-26(30(34)35)28(27)38-23-12-9-20(10-13-23)19-5-7-21(8-6-19)29(32)33/h1-17H,31H2,(H3,32,33)(H,34,35). The number of carboxylic acids is 1. The lowest BCUT2D eigenvalue weighted by Crippen LogP contribution is -2.10. The highest BCUT2D eigenvalue weighted by atomic mass is 32.2. The third-order valence-electron chi connectivity index (χ3n) is 6.27. The molecule has 5 aromatic carbocycles. The maximum Gasteiger partial charge on any atom is 0.339 e. The van der Waals surface area contributed by atoms with Crippen molar-refractivity contribution < 1.29 is 23.1 Å². The second-order valence-corrected chi connectivity index (χ2v) is 10.8. The van der Waals surface area contributed by atoms with Crippen LogP contribution < -0.4 is 16.2 Å². The maximum atomic E-state index is 13.4. The van der Waals surface area contributed by atoms with Crippen molar-refractivity contribution in [1.29, 1.82) is 5.41 Å². The molecular formula is C30H23N3O5S. The first kappa shape index (κ1) is 25.5. The Kier molecular flexibility index (Phi) is 6.51. The van der Waals surface area contributed by atoms with Gasteiger partial charge in [0.15, 0.2) is 5.75 Å². The number of carboxylic acid groups (broad SMARTS) is 1. The normalized spacial score (nSPS) is 11.3. The van der Waals surface area contributed by atoms with Crippen molar-refractivity contribution in [3.05, 3.63) is 114 Å². The molecule has 0 atom stereocenters. The topological polar surface area (TPSA) is 157 Å². The summed E-state index contributed by atoms with van der Waals surface area (Å²) in [4.78, 5) is 11.9. The van der Waals surface area contributed by atoms with E-state index in [9.17, 15) is 18.3 Å². The van der Waals surface area contributed by atoms with Crippen LogP contribution in [-0.2, 0) is 9.84 Å². The minimum Gasteiger partial charge on any atom is -0.478 e. The van der Waals surface area contributed by atoms with E-state index in [0.29, 0.717) is 11.3 Å². The van der Waals surface area contributed by atoms with Crippen molar-refractivity contribution >= 4 is 38.1 Å². The van der Waals surface area contributed by atoms with E-state index in [-0.39, 0.29) is 32.6 Å². The number of fused-ring (bicyclic) bond motifs is 1. The fourth-order valence-electron chi connectivity index (χ4n) is 4.20. The van der Waals surface area contributed by atoms with Crippen LogP contribution in [0.5, 0.6) is 11.5 Å². The Hall–Kier alpha value is -5.15. The Bertz CT molecular complexity index is 1850. The summed E-state index contributed by atoms with van der Waals surface area (Å²) >= 11 is 0. The fourth-order valence-corrected chi connectivity index (χ4v) is 5.55. The number of ether oxygens (including phenoxy) is 1. The van der Waals surface area contributed by atoms with E-state index in [0.717, 1.165) is 28.0 Å². The molecule has 0 aliphatic heterocycles. The Morgan fingerprint density at radius 3 is 2.00 bits per heavy atom. The Morgan fingerprint density at radius 1 is 0.769 bits per heavy atom. The predicted octanol–water partition coefficient (Wildman–Crippen LogP) is 5.70. The number of amidine groups is 1. The minimum atomic E-state index is -4.06. The summed E-state index contributed by atoms with van der Waals surface area (Å²) in [5, 5.41) is 19.0. The molecule has 0 saturated carbocycles. The summed E-state index contributed by atoms with van der Waals surface area (Å²) in [5.41, 5.74) is 13.5. The lowest BCUT2D eigenvalue weighted by atomic mass is 10.0. The van der Waals surface area contributed by atoms with Crippen LogP contribution >= 0.6 is 0 Å². The molecule has 0 amide bonds. The molecule has 0 heterocycles. The highest BCUT2D eigenvalue weighted by molar-refractivity contribution is 7.91. The summed E-state index contributed by atoms with van der Waals surface area (Å²) in [5.74, 6) is -1.24. The highest BCUT2D eigenvalue weighted by Crippen LogP contribution is 2.37. The maximum absolute atomic E-state index is 13.4. The Morgan fingerprint density at radius 2 is 1.38 bits per heavy atom. The first-order chi connectivity index (χ1) is 18.6. The molecule has 0 aromatic heterocycles. The van der Waals surface area contributed by atoms with Crippen molar-refractivity contribution in [3.8, 4) is 22.6 Å². The van der Waals surface area contributed by atoms with Crippen LogP contribution in [0.25, 0.3) is 21.9 Å². The van der Waals surface area contributed by atoms with Gasteiger partial charge in [0.2, 0.25) is 9.84 Å². The average Bonchev–Trinajstić information content (AvgIpc) is 2.94. The summed E-state index contributed by atoms with van der Waals surface area (Å²) in [6, 6.07) is 28.4. The second kappa shape index (κ2) is 9.96. The minimum absolute atomic E-state index is 0.0202. The zero-order valence-electron chi connectivity index (χ0n) is 20.5. The molecule has 0 aliphatic rings. The van der Waals surface area contributed by atoms with Crippen molar-refractivity contribution in [2.24, 2.45) is 5.73 Å². The second-order valence-electron chi connectivity index (χ2n) is 8.82. The number of hydrogen-bond acceptors (Lipinski definition) is 6. The van der Waals surface area contributed by atoms with Crippen LogP contribution in [0.15, 0.2) is 113 Å². The van der Waals surface area contributed by atoms with Gasteiger partial charge in [0.05, 0.1) is 15.5 Å². The molecule has 0 aliphatic carbocycles. The van der Waals surface area contributed by atoms with Gasteiger partial charge in [0.1, 0.15) is 17.1 Å². The zero-order chi connectivity index (χ0) is 27.7. The Balaban J connectivity index is 1.46. The van der Waals surface area contributed by atoms with E-state index in [1.165, 1.54) is 12.1 Å². The largest absolute Gasteiger partial charge is 0.478 e. The van der Waals surface area contributed by atoms with Gasteiger partial charge in [-0.05, 0) is 58.3 Å². The lowest BCUT2D eigenvalue weighted by Gasteiger charge is -2.15. The van der Waals surface area contributed by atoms with Crippen LogP contribution in [0.4, 0.5) is 5.69 Å². The number of hydrogen-bond donors (Lipinski definition) is 4.